The molecule has 3 heterocycles. The maximum Gasteiger partial charge on any atom is 0.223 e. The minimum Gasteiger partial charge on any atom is -0.340 e. The fourth-order valence-corrected chi connectivity index (χ4v) is 2.98. The van der Waals surface area contributed by atoms with Gasteiger partial charge in [-0.05, 0) is 19.2 Å². The number of aromatic nitrogens is 4. The number of aryl methyl sites for hydroxylation is 1. The Bertz CT molecular complexity index is 989. The van der Waals surface area contributed by atoms with Crippen LogP contribution >= 0.6 is 0 Å². The van der Waals surface area contributed by atoms with Crippen LogP contribution < -0.4 is 0 Å². The van der Waals surface area contributed by atoms with Gasteiger partial charge in [-0.15, -0.1) is 0 Å². The molecule has 0 N–H and O–H groups in total. The second-order valence-electron chi connectivity index (χ2n) is 6.10. The van der Waals surface area contributed by atoms with Crippen LogP contribution in [0.2, 0.25) is 0 Å². The number of fused-ring (bicyclic) bond motifs is 1. The summed E-state index contributed by atoms with van der Waals surface area (Å²) < 4.78 is 7.20. The molecule has 0 atom stereocenters. The molecule has 6 heteroatoms. The van der Waals surface area contributed by atoms with E-state index in [4.69, 9.17) is 9.51 Å². The molecule has 0 saturated heterocycles. The topological polar surface area (TPSA) is 59.5 Å². The van der Waals surface area contributed by atoms with Crippen molar-refractivity contribution in [2.75, 3.05) is 7.05 Å². The van der Waals surface area contributed by atoms with Crippen molar-refractivity contribution >= 4 is 5.65 Å². The molecule has 0 saturated carbocycles. The van der Waals surface area contributed by atoms with E-state index in [0.29, 0.717) is 18.3 Å². The highest BCUT2D eigenvalue weighted by atomic mass is 16.5. The fraction of sp³-hybridized carbons (Fsp3) is 0.211. The first-order valence-corrected chi connectivity index (χ1v) is 8.20. The Hall–Kier alpha value is -2.99. The lowest BCUT2D eigenvalue weighted by atomic mass is 10.1. The summed E-state index contributed by atoms with van der Waals surface area (Å²) in [6.45, 7) is 3.14. The third-order valence-corrected chi connectivity index (χ3v) is 4.08. The number of imidazole rings is 1. The summed E-state index contributed by atoms with van der Waals surface area (Å²) in [5.41, 5.74) is 4.21. The number of nitrogens with zero attached hydrogens (tertiary/aromatic N) is 5. The lowest BCUT2D eigenvalue weighted by molar-refractivity contribution is 0.297. The predicted molar refractivity (Wildman–Crippen MR) is 94.8 cm³/mol. The maximum absolute atomic E-state index is 5.06. The highest BCUT2D eigenvalue weighted by Crippen LogP contribution is 2.25. The minimum atomic E-state index is 0.586. The van der Waals surface area contributed by atoms with Crippen LogP contribution in [-0.2, 0) is 13.1 Å². The van der Waals surface area contributed by atoms with E-state index < -0.39 is 0 Å². The van der Waals surface area contributed by atoms with Crippen molar-refractivity contribution in [3.8, 4) is 11.3 Å². The van der Waals surface area contributed by atoms with E-state index in [0.717, 1.165) is 29.1 Å². The van der Waals surface area contributed by atoms with Crippen molar-refractivity contribution < 1.29 is 4.52 Å². The lowest BCUT2D eigenvalue weighted by Crippen LogP contribution is -2.19. The summed E-state index contributed by atoms with van der Waals surface area (Å²) in [7, 11) is 2.04. The molecular formula is C19H19N5O. The van der Waals surface area contributed by atoms with E-state index in [1.165, 1.54) is 0 Å². The lowest BCUT2D eigenvalue weighted by Gasteiger charge is -2.15. The summed E-state index contributed by atoms with van der Waals surface area (Å²) in [4.78, 5) is 11.3. The third-order valence-electron chi connectivity index (χ3n) is 4.08. The van der Waals surface area contributed by atoms with E-state index in [1.807, 2.05) is 43.4 Å². The van der Waals surface area contributed by atoms with Gasteiger partial charge in [0, 0.05) is 25.2 Å². The van der Waals surface area contributed by atoms with E-state index in [9.17, 15) is 0 Å². The first kappa shape index (κ1) is 15.5. The van der Waals surface area contributed by atoms with E-state index in [2.05, 4.69) is 37.8 Å². The van der Waals surface area contributed by atoms with Gasteiger partial charge in [0.15, 0.2) is 5.82 Å². The van der Waals surface area contributed by atoms with Crippen LogP contribution in [0.25, 0.3) is 16.9 Å². The molecule has 0 unspecified atom stereocenters. The molecule has 0 aliphatic carbocycles. The summed E-state index contributed by atoms with van der Waals surface area (Å²) in [6, 6.07) is 16.3. The Morgan fingerprint density at radius 1 is 1.00 bits per heavy atom. The molecule has 0 spiro atoms. The second-order valence-corrected chi connectivity index (χ2v) is 6.10. The van der Waals surface area contributed by atoms with Crippen molar-refractivity contribution in [1.82, 2.24) is 24.4 Å². The molecule has 6 nitrogen and oxygen atoms in total. The van der Waals surface area contributed by atoms with Gasteiger partial charge in [0.25, 0.3) is 0 Å². The first-order chi connectivity index (χ1) is 12.2. The zero-order valence-electron chi connectivity index (χ0n) is 14.3. The molecule has 3 aromatic heterocycles. The fourth-order valence-electron chi connectivity index (χ4n) is 2.98. The van der Waals surface area contributed by atoms with Crippen LogP contribution in [0.5, 0.6) is 0 Å². The predicted octanol–water partition coefficient (Wildman–Crippen LogP) is 3.32. The SMILES string of the molecule is Cc1nc(CN(C)Cc2c(-c3ccccc3)nc3ccccn23)no1. The van der Waals surface area contributed by atoms with E-state index in [-0.39, 0.29) is 0 Å². The largest absolute Gasteiger partial charge is 0.340 e. The quantitative estimate of drug-likeness (QED) is 0.561. The highest BCUT2D eigenvalue weighted by molar-refractivity contribution is 5.66. The number of hydrogen-bond acceptors (Lipinski definition) is 5. The average Bonchev–Trinajstić information content (AvgIpc) is 3.19. The molecular weight excluding hydrogens is 314 g/mol. The molecule has 126 valence electrons. The van der Waals surface area contributed by atoms with Gasteiger partial charge in [-0.25, -0.2) is 4.98 Å². The Labute approximate surface area is 145 Å². The maximum atomic E-state index is 5.06. The van der Waals surface area contributed by atoms with Crippen molar-refractivity contribution in [3.05, 3.63) is 72.1 Å². The van der Waals surface area contributed by atoms with Crippen LogP contribution in [-0.4, -0.2) is 31.5 Å². The van der Waals surface area contributed by atoms with Gasteiger partial charge in [-0.2, -0.15) is 4.98 Å². The van der Waals surface area contributed by atoms with E-state index >= 15 is 0 Å². The Kier molecular flexibility index (Phi) is 4.03. The van der Waals surface area contributed by atoms with Gasteiger partial charge in [0.2, 0.25) is 5.89 Å². The molecule has 4 rings (SSSR count). The van der Waals surface area contributed by atoms with Crippen molar-refractivity contribution in [2.24, 2.45) is 0 Å². The average molecular weight is 333 g/mol. The Balaban J connectivity index is 1.70. The molecule has 0 aliphatic heterocycles. The number of rotatable bonds is 5. The molecule has 0 aliphatic rings. The molecule has 0 amide bonds. The second kappa shape index (κ2) is 6.49. The molecule has 0 bridgehead atoms. The van der Waals surface area contributed by atoms with Crippen LogP contribution in [0, 0.1) is 6.92 Å². The van der Waals surface area contributed by atoms with Gasteiger partial charge in [0.05, 0.1) is 17.9 Å². The van der Waals surface area contributed by atoms with Crippen molar-refractivity contribution in [1.29, 1.82) is 0 Å². The Morgan fingerprint density at radius 3 is 2.56 bits per heavy atom. The monoisotopic (exact) mass is 333 g/mol. The van der Waals surface area contributed by atoms with Crippen molar-refractivity contribution in [2.45, 2.75) is 20.0 Å². The molecule has 25 heavy (non-hydrogen) atoms. The highest BCUT2D eigenvalue weighted by Gasteiger charge is 2.16. The zero-order chi connectivity index (χ0) is 17.2. The smallest absolute Gasteiger partial charge is 0.223 e. The standard InChI is InChI=1S/C19H19N5O/c1-14-20-17(22-25-14)13-23(2)12-16-19(15-8-4-3-5-9-15)21-18-10-6-7-11-24(16)18/h3-11H,12-13H2,1-2H3. The van der Waals surface area contributed by atoms with Crippen LogP contribution in [0.4, 0.5) is 0 Å². The number of benzene rings is 1. The molecule has 1 aromatic carbocycles. The van der Waals surface area contributed by atoms with Crippen molar-refractivity contribution in [3.63, 3.8) is 0 Å². The van der Waals surface area contributed by atoms with E-state index in [1.54, 1.807) is 6.92 Å². The first-order valence-electron chi connectivity index (χ1n) is 8.20. The number of hydrogen-bond donors (Lipinski definition) is 0. The third kappa shape index (κ3) is 3.16. The summed E-state index contributed by atoms with van der Waals surface area (Å²) in [5.74, 6) is 1.28. The van der Waals surface area contributed by atoms with Crippen LogP contribution in [0.15, 0.2) is 59.3 Å². The zero-order valence-corrected chi connectivity index (χ0v) is 14.3. The summed E-state index contributed by atoms with van der Waals surface area (Å²) in [6.07, 6.45) is 2.05. The summed E-state index contributed by atoms with van der Waals surface area (Å²) in [5, 5.41) is 3.98. The molecule has 0 fully saturated rings. The van der Waals surface area contributed by atoms with Crippen LogP contribution in [0.1, 0.15) is 17.4 Å². The molecule has 4 aromatic rings. The minimum absolute atomic E-state index is 0.586. The van der Waals surface area contributed by atoms with Gasteiger partial charge in [-0.1, -0.05) is 41.6 Å². The van der Waals surface area contributed by atoms with Gasteiger partial charge >= 0.3 is 0 Å². The number of pyridine rings is 1. The van der Waals surface area contributed by atoms with Gasteiger partial charge in [-0.3, -0.25) is 4.90 Å². The summed E-state index contributed by atoms with van der Waals surface area (Å²) >= 11 is 0. The van der Waals surface area contributed by atoms with Gasteiger partial charge < -0.3 is 8.92 Å². The Morgan fingerprint density at radius 2 is 1.80 bits per heavy atom. The van der Waals surface area contributed by atoms with Gasteiger partial charge in [0.1, 0.15) is 5.65 Å². The van der Waals surface area contributed by atoms with Crippen LogP contribution in [0.3, 0.4) is 0 Å². The molecule has 0 radical (unpaired) electrons. The normalized spacial score (nSPS) is 11.5.